The van der Waals surface area contributed by atoms with Gasteiger partial charge in [-0.2, -0.15) is 0 Å². The number of aromatic carboxylic acids is 1. The molecule has 0 spiro atoms. The first-order valence-electron chi connectivity index (χ1n) is 6.49. The molecule has 0 aromatic carbocycles. The van der Waals surface area contributed by atoms with Gasteiger partial charge in [0.1, 0.15) is 0 Å². The minimum atomic E-state index is -0.993. The molecule has 6 heteroatoms. The normalized spacial score (nSPS) is 14.9. The number of hydrogen-bond donors (Lipinski definition) is 2. The summed E-state index contributed by atoms with van der Waals surface area (Å²) in [4.78, 5) is 11.1. The van der Waals surface area contributed by atoms with Crippen molar-refractivity contribution in [2.45, 2.75) is 45.1 Å². The van der Waals surface area contributed by atoms with E-state index in [0.717, 1.165) is 31.4 Å². The van der Waals surface area contributed by atoms with Crippen molar-refractivity contribution >= 4 is 5.97 Å². The van der Waals surface area contributed by atoms with Crippen molar-refractivity contribution in [2.75, 3.05) is 6.61 Å². The maximum absolute atomic E-state index is 11.1. The van der Waals surface area contributed by atoms with Crippen LogP contribution < -0.4 is 0 Å². The Bertz CT molecular complexity index is 413. The first-order valence-corrected chi connectivity index (χ1v) is 6.49. The number of unbranched alkanes of at least 4 members (excludes halogenated alkanes) is 2. The zero-order chi connectivity index (χ0) is 13.0. The first-order chi connectivity index (χ1) is 8.72. The molecule has 1 fully saturated rings. The highest BCUT2D eigenvalue weighted by Crippen LogP contribution is 2.33. The Balaban J connectivity index is 2.00. The molecular formula is C12H19N3O3. The van der Waals surface area contributed by atoms with Crippen molar-refractivity contribution in [3.05, 3.63) is 11.4 Å². The van der Waals surface area contributed by atoms with Crippen LogP contribution in [0, 0.1) is 5.92 Å². The third-order valence-electron chi connectivity index (χ3n) is 3.25. The number of aryl methyl sites for hydroxylation is 1. The van der Waals surface area contributed by atoms with Gasteiger partial charge in [-0.15, -0.1) is 5.10 Å². The summed E-state index contributed by atoms with van der Waals surface area (Å²) in [5.74, 6) is -0.384. The van der Waals surface area contributed by atoms with Gasteiger partial charge >= 0.3 is 5.97 Å². The number of hydrogen-bond acceptors (Lipinski definition) is 4. The minimum absolute atomic E-state index is 0.101. The van der Waals surface area contributed by atoms with Gasteiger partial charge in [0, 0.05) is 13.2 Å². The quantitative estimate of drug-likeness (QED) is 0.677. The van der Waals surface area contributed by atoms with E-state index >= 15 is 0 Å². The van der Waals surface area contributed by atoms with E-state index in [2.05, 4.69) is 10.3 Å². The lowest BCUT2D eigenvalue weighted by Crippen LogP contribution is -2.09. The Hall–Kier alpha value is -1.43. The second-order valence-corrected chi connectivity index (χ2v) is 4.84. The van der Waals surface area contributed by atoms with Gasteiger partial charge in [0.05, 0.1) is 5.69 Å². The van der Waals surface area contributed by atoms with E-state index in [-0.39, 0.29) is 12.3 Å². The fraction of sp³-hybridized carbons (Fsp3) is 0.750. The second kappa shape index (κ2) is 5.95. The molecule has 1 aromatic rings. The summed E-state index contributed by atoms with van der Waals surface area (Å²) in [6.45, 7) is 0.884. The smallest absolute Gasteiger partial charge is 0.358 e. The molecule has 0 aliphatic heterocycles. The van der Waals surface area contributed by atoms with Crippen molar-refractivity contribution in [3.63, 3.8) is 0 Å². The maximum atomic E-state index is 11.1. The molecule has 0 saturated heterocycles. The second-order valence-electron chi connectivity index (χ2n) is 4.84. The molecule has 0 bridgehead atoms. The summed E-state index contributed by atoms with van der Waals surface area (Å²) in [6.07, 6.45) is 5.71. The van der Waals surface area contributed by atoms with E-state index in [9.17, 15) is 4.79 Å². The van der Waals surface area contributed by atoms with E-state index in [1.54, 1.807) is 4.68 Å². The Morgan fingerprint density at radius 3 is 2.72 bits per heavy atom. The third-order valence-corrected chi connectivity index (χ3v) is 3.25. The highest BCUT2D eigenvalue weighted by molar-refractivity contribution is 5.86. The first kappa shape index (κ1) is 13.0. The number of carboxylic acids is 1. The molecule has 2 N–H and O–H groups in total. The van der Waals surface area contributed by atoms with E-state index in [0.29, 0.717) is 12.5 Å². The third kappa shape index (κ3) is 3.29. The van der Waals surface area contributed by atoms with Gasteiger partial charge < -0.3 is 10.2 Å². The monoisotopic (exact) mass is 253 g/mol. The number of aromatic nitrogens is 3. The highest BCUT2D eigenvalue weighted by Gasteiger charge is 2.27. The zero-order valence-corrected chi connectivity index (χ0v) is 10.4. The molecule has 1 aromatic heterocycles. The number of aliphatic hydroxyl groups excluding tert-OH is 1. The van der Waals surface area contributed by atoms with Gasteiger partial charge in [0.2, 0.25) is 0 Å². The Morgan fingerprint density at radius 2 is 2.11 bits per heavy atom. The van der Waals surface area contributed by atoms with Crippen molar-refractivity contribution < 1.29 is 15.0 Å². The number of aliphatic hydroxyl groups is 1. The summed E-state index contributed by atoms with van der Waals surface area (Å²) in [5, 5.41) is 25.5. The Kier molecular flexibility index (Phi) is 4.30. The molecule has 1 heterocycles. The summed E-state index contributed by atoms with van der Waals surface area (Å²) in [7, 11) is 0. The van der Waals surface area contributed by atoms with E-state index < -0.39 is 5.97 Å². The van der Waals surface area contributed by atoms with Gasteiger partial charge in [0.25, 0.3) is 0 Å². The molecule has 1 aliphatic carbocycles. The van der Waals surface area contributed by atoms with Gasteiger partial charge in [-0.25, -0.2) is 9.48 Å². The van der Waals surface area contributed by atoms with Gasteiger partial charge in [-0.1, -0.05) is 5.21 Å². The van der Waals surface area contributed by atoms with Crippen LogP contribution in [0.3, 0.4) is 0 Å². The number of nitrogens with zero attached hydrogens (tertiary/aromatic N) is 3. The van der Waals surface area contributed by atoms with Crippen molar-refractivity contribution in [1.82, 2.24) is 15.0 Å². The van der Waals surface area contributed by atoms with E-state index in [1.807, 2.05) is 0 Å². The number of carboxylic acid groups (broad SMARTS) is 1. The fourth-order valence-corrected chi connectivity index (χ4v) is 2.03. The van der Waals surface area contributed by atoms with Crippen LogP contribution in [-0.2, 0) is 13.0 Å². The highest BCUT2D eigenvalue weighted by atomic mass is 16.4. The lowest BCUT2D eigenvalue weighted by atomic mass is 10.1. The van der Waals surface area contributed by atoms with Crippen molar-refractivity contribution in [1.29, 1.82) is 0 Å². The maximum Gasteiger partial charge on any atom is 0.358 e. The van der Waals surface area contributed by atoms with Gasteiger partial charge in [-0.3, -0.25) is 0 Å². The van der Waals surface area contributed by atoms with E-state index in [4.69, 9.17) is 10.2 Å². The summed E-state index contributed by atoms with van der Waals surface area (Å²) >= 11 is 0. The lowest BCUT2D eigenvalue weighted by Gasteiger charge is -2.06. The van der Waals surface area contributed by atoms with Gasteiger partial charge in [-0.05, 0) is 44.4 Å². The zero-order valence-electron chi connectivity index (χ0n) is 10.4. The Morgan fingerprint density at radius 1 is 1.33 bits per heavy atom. The van der Waals surface area contributed by atoms with Crippen LogP contribution in [0.4, 0.5) is 0 Å². The predicted molar refractivity (Wildman–Crippen MR) is 64.3 cm³/mol. The molecule has 1 saturated carbocycles. The van der Waals surface area contributed by atoms with Crippen LogP contribution in [-0.4, -0.2) is 37.8 Å². The van der Waals surface area contributed by atoms with Crippen LogP contribution in [0.2, 0.25) is 0 Å². The van der Waals surface area contributed by atoms with Gasteiger partial charge in [0.15, 0.2) is 5.69 Å². The largest absolute Gasteiger partial charge is 0.476 e. The molecule has 18 heavy (non-hydrogen) atoms. The van der Waals surface area contributed by atoms with Crippen LogP contribution >= 0.6 is 0 Å². The van der Waals surface area contributed by atoms with Crippen LogP contribution in [0.15, 0.2) is 0 Å². The SMILES string of the molecule is O=C(O)c1nnn(CCCCCO)c1CC1CC1. The lowest BCUT2D eigenvalue weighted by molar-refractivity contribution is 0.0689. The molecule has 0 amide bonds. The summed E-state index contributed by atoms with van der Waals surface area (Å²) in [5.41, 5.74) is 0.859. The molecule has 6 nitrogen and oxygen atoms in total. The van der Waals surface area contributed by atoms with Crippen molar-refractivity contribution in [3.8, 4) is 0 Å². The molecule has 1 aliphatic rings. The molecule has 0 radical (unpaired) electrons. The van der Waals surface area contributed by atoms with Crippen LogP contribution in [0.25, 0.3) is 0 Å². The number of carbonyl (C=O) groups is 1. The predicted octanol–water partition coefficient (Wildman–Crippen LogP) is 1.09. The number of rotatable bonds is 8. The minimum Gasteiger partial charge on any atom is -0.476 e. The Labute approximate surface area is 106 Å². The standard InChI is InChI=1S/C12H19N3O3/c16-7-3-1-2-6-15-10(8-9-4-5-9)11(12(17)18)13-14-15/h9,16H,1-8H2,(H,17,18). The molecule has 0 unspecified atom stereocenters. The molecule has 2 rings (SSSR count). The fourth-order valence-electron chi connectivity index (χ4n) is 2.03. The van der Waals surface area contributed by atoms with Crippen molar-refractivity contribution in [2.24, 2.45) is 5.92 Å². The molecule has 0 atom stereocenters. The topological polar surface area (TPSA) is 88.2 Å². The van der Waals surface area contributed by atoms with Crippen LogP contribution in [0.5, 0.6) is 0 Å². The summed E-state index contributed by atoms with van der Waals surface area (Å²) in [6, 6.07) is 0. The average Bonchev–Trinajstić information content (AvgIpc) is 3.05. The van der Waals surface area contributed by atoms with E-state index in [1.165, 1.54) is 12.8 Å². The summed E-state index contributed by atoms with van der Waals surface area (Å²) < 4.78 is 1.72. The molecular weight excluding hydrogens is 234 g/mol. The van der Waals surface area contributed by atoms with Crippen LogP contribution in [0.1, 0.15) is 48.3 Å². The molecule has 100 valence electrons. The average molecular weight is 253 g/mol.